The van der Waals surface area contributed by atoms with E-state index in [1.807, 2.05) is 12.3 Å². The van der Waals surface area contributed by atoms with Gasteiger partial charge in [-0.2, -0.15) is 0 Å². The Hall–Kier alpha value is -0.890. The first-order valence-electron chi connectivity index (χ1n) is 5.40. The van der Waals surface area contributed by atoms with E-state index in [1.165, 1.54) is 0 Å². The van der Waals surface area contributed by atoms with Crippen LogP contribution in [0, 0.1) is 0 Å². The largest absolute Gasteiger partial charge is 0.388 e. The van der Waals surface area contributed by atoms with Gasteiger partial charge in [0.1, 0.15) is 0 Å². The minimum atomic E-state index is -0.312. The van der Waals surface area contributed by atoms with Crippen molar-refractivity contribution in [3.63, 3.8) is 0 Å². The Kier molecular flexibility index (Phi) is 4.60. The topological polar surface area (TPSA) is 33.1 Å². The molecule has 1 unspecified atom stereocenters. The van der Waals surface area contributed by atoms with Crippen molar-refractivity contribution in [1.82, 2.24) is 4.98 Å². The highest BCUT2D eigenvalue weighted by atomic mass is 16.3. The molecule has 1 aromatic heterocycles. The Labute approximate surface area is 86.0 Å². The molecule has 0 aromatic carbocycles. The Morgan fingerprint density at radius 3 is 2.86 bits per heavy atom. The molecule has 14 heavy (non-hydrogen) atoms. The first-order valence-corrected chi connectivity index (χ1v) is 5.40. The summed E-state index contributed by atoms with van der Waals surface area (Å²) < 4.78 is 0. The molecule has 1 heterocycles. The fraction of sp³-hybridized carbons (Fsp3) is 0.583. The maximum absolute atomic E-state index is 9.94. The monoisotopic (exact) mass is 193 g/mol. The molecule has 0 aliphatic heterocycles. The van der Waals surface area contributed by atoms with Gasteiger partial charge in [0, 0.05) is 12.4 Å². The molecule has 0 bridgehead atoms. The van der Waals surface area contributed by atoms with E-state index in [9.17, 15) is 5.11 Å². The number of hydrogen-bond acceptors (Lipinski definition) is 2. The van der Waals surface area contributed by atoms with Gasteiger partial charge < -0.3 is 5.11 Å². The number of aliphatic hydroxyl groups excluding tert-OH is 1. The lowest BCUT2D eigenvalue weighted by molar-refractivity contribution is 0.163. The second-order valence-corrected chi connectivity index (χ2v) is 3.59. The predicted molar refractivity (Wildman–Crippen MR) is 58.1 cm³/mol. The van der Waals surface area contributed by atoms with Crippen molar-refractivity contribution >= 4 is 0 Å². The second kappa shape index (κ2) is 5.76. The van der Waals surface area contributed by atoms with Crippen LogP contribution in [0.15, 0.2) is 18.5 Å². The third-order valence-electron chi connectivity index (χ3n) is 2.51. The third-order valence-corrected chi connectivity index (χ3v) is 2.51. The van der Waals surface area contributed by atoms with E-state index in [1.54, 1.807) is 6.20 Å². The number of aliphatic hydroxyl groups is 1. The van der Waals surface area contributed by atoms with Crippen molar-refractivity contribution < 1.29 is 5.11 Å². The van der Waals surface area contributed by atoms with E-state index in [2.05, 4.69) is 18.8 Å². The highest BCUT2D eigenvalue weighted by molar-refractivity contribution is 5.25. The highest BCUT2D eigenvalue weighted by Crippen LogP contribution is 2.22. The molecule has 1 atom stereocenters. The number of aromatic nitrogens is 1. The van der Waals surface area contributed by atoms with Crippen LogP contribution < -0.4 is 0 Å². The molecule has 0 aliphatic carbocycles. The molecule has 0 amide bonds. The minimum absolute atomic E-state index is 0.312. The Balaban J connectivity index is 2.72. The number of hydrogen-bond donors (Lipinski definition) is 1. The summed E-state index contributed by atoms with van der Waals surface area (Å²) in [5.74, 6) is 0. The summed E-state index contributed by atoms with van der Waals surface area (Å²) in [7, 11) is 0. The van der Waals surface area contributed by atoms with Crippen molar-refractivity contribution in [2.75, 3.05) is 0 Å². The zero-order valence-corrected chi connectivity index (χ0v) is 9.03. The number of unbranched alkanes of at least 4 members (excludes halogenated alkanes) is 1. The van der Waals surface area contributed by atoms with Crippen LogP contribution in [-0.4, -0.2) is 10.1 Å². The summed E-state index contributed by atoms with van der Waals surface area (Å²) in [6.45, 7) is 4.23. The Morgan fingerprint density at radius 2 is 2.21 bits per heavy atom. The van der Waals surface area contributed by atoms with Crippen molar-refractivity contribution in [2.24, 2.45) is 0 Å². The van der Waals surface area contributed by atoms with Crippen LogP contribution >= 0.6 is 0 Å². The first kappa shape index (κ1) is 11.2. The Morgan fingerprint density at radius 1 is 1.43 bits per heavy atom. The van der Waals surface area contributed by atoms with E-state index in [0.717, 1.165) is 36.8 Å². The summed E-state index contributed by atoms with van der Waals surface area (Å²) in [4.78, 5) is 4.07. The van der Waals surface area contributed by atoms with Crippen molar-refractivity contribution in [3.05, 3.63) is 29.6 Å². The summed E-state index contributed by atoms with van der Waals surface area (Å²) in [6.07, 6.45) is 7.29. The zero-order chi connectivity index (χ0) is 10.4. The first-order chi connectivity index (χ1) is 6.79. The van der Waals surface area contributed by atoms with Crippen LogP contribution in [0.1, 0.15) is 50.3 Å². The molecule has 0 spiro atoms. The van der Waals surface area contributed by atoms with E-state index in [0.29, 0.717) is 0 Å². The molecule has 1 aromatic rings. The molecule has 1 N–H and O–H groups in total. The van der Waals surface area contributed by atoms with Gasteiger partial charge in [0.15, 0.2) is 0 Å². The number of nitrogens with zero attached hydrogens (tertiary/aromatic N) is 1. The van der Waals surface area contributed by atoms with Crippen LogP contribution in [0.25, 0.3) is 0 Å². The van der Waals surface area contributed by atoms with E-state index in [-0.39, 0.29) is 6.10 Å². The normalized spacial score (nSPS) is 12.8. The molecule has 0 saturated carbocycles. The zero-order valence-electron chi connectivity index (χ0n) is 9.03. The van der Waals surface area contributed by atoms with Gasteiger partial charge in [-0.3, -0.25) is 4.98 Å². The average Bonchev–Trinajstić information content (AvgIpc) is 2.25. The van der Waals surface area contributed by atoms with Crippen LogP contribution in [0.2, 0.25) is 0 Å². The van der Waals surface area contributed by atoms with Gasteiger partial charge in [-0.1, -0.05) is 26.7 Å². The summed E-state index contributed by atoms with van der Waals surface area (Å²) in [5.41, 5.74) is 2.21. The highest BCUT2D eigenvalue weighted by Gasteiger charge is 2.10. The molecule has 0 radical (unpaired) electrons. The molecule has 78 valence electrons. The maximum atomic E-state index is 9.94. The predicted octanol–water partition coefficient (Wildman–Crippen LogP) is 2.87. The maximum Gasteiger partial charge on any atom is 0.0793 e. The van der Waals surface area contributed by atoms with Crippen LogP contribution in [-0.2, 0) is 6.42 Å². The quantitative estimate of drug-likeness (QED) is 0.780. The molecule has 1 rings (SSSR count). The third kappa shape index (κ3) is 2.81. The lowest BCUT2D eigenvalue weighted by atomic mass is 9.99. The lowest BCUT2D eigenvalue weighted by Crippen LogP contribution is -2.02. The fourth-order valence-corrected chi connectivity index (χ4v) is 1.61. The van der Waals surface area contributed by atoms with Gasteiger partial charge in [0.2, 0.25) is 0 Å². The SMILES string of the molecule is CCCCC(O)c1ccncc1CC. The summed E-state index contributed by atoms with van der Waals surface area (Å²) in [5, 5.41) is 9.94. The molecular weight excluding hydrogens is 174 g/mol. The van der Waals surface area contributed by atoms with Crippen molar-refractivity contribution in [3.8, 4) is 0 Å². The van der Waals surface area contributed by atoms with Crippen LogP contribution in [0.4, 0.5) is 0 Å². The molecule has 2 nitrogen and oxygen atoms in total. The lowest BCUT2D eigenvalue weighted by Gasteiger charge is -2.13. The summed E-state index contributed by atoms with van der Waals surface area (Å²) >= 11 is 0. The second-order valence-electron chi connectivity index (χ2n) is 3.59. The van der Waals surface area contributed by atoms with Gasteiger partial charge in [-0.05, 0) is 30.0 Å². The van der Waals surface area contributed by atoms with Crippen LogP contribution in [0.3, 0.4) is 0 Å². The minimum Gasteiger partial charge on any atom is -0.388 e. The van der Waals surface area contributed by atoms with Gasteiger partial charge in [-0.15, -0.1) is 0 Å². The van der Waals surface area contributed by atoms with Gasteiger partial charge in [0.05, 0.1) is 6.10 Å². The number of rotatable bonds is 5. The fourth-order valence-electron chi connectivity index (χ4n) is 1.61. The molecule has 2 heteroatoms. The molecule has 0 aliphatic rings. The Bertz CT molecular complexity index is 273. The molecule has 0 saturated heterocycles. The number of pyridine rings is 1. The van der Waals surface area contributed by atoms with Gasteiger partial charge >= 0.3 is 0 Å². The van der Waals surface area contributed by atoms with Gasteiger partial charge in [0.25, 0.3) is 0 Å². The van der Waals surface area contributed by atoms with Crippen molar-refractivity contribution in [2.45, 2.75) is 45.6 Å². The molecule has 0 fully saturated rings. The smallest absolute Gasteiger partial charge is 0.0793 e. The number of aryl methyl sites for hydroxylation is 1. The van der Waals surface area contributed by atoms with Gasteiger partial charge in [-0.25, -0.2) is 0 Å². The van der Waals surface area contributed by atoms with E-state index < -0.39 is 0 Å². The standard InChI is InChI=1S/C12H19NO/c1-3-5-6-12(14)11-7-8-13-9-10(11)4-2/h7-9,12,14H,3-6H2,1-2H3. The van der Waals surface area contributed by atoms with E-state index >= 15 is 0 Å². The summed E-state index contributed by atoms with van der Waals surface area (Å²) in [6, 6.07) is 1.93. The van der Waals surface area contributed by atoms with Crippen molar-refractivity contribution in [1.29, 1.82) is 0 Å². The van der Waals surface area contributed by atoms with E-state index in [4.69, 9.17) is 0 Å². The van der Waals surface area contributed by atoms with Crippen LogP contribution in [0.5, 0.6) is 0 Å². The average molecular weight is 193 g/mol. The molecular formula is C12H19NO.